The summed E-state index contributed by atoms with van der Waals surface area (Å²) in [6.45, 7) is 3.88. The molecule has 426 valence electrons. The van der Waals surface area contributed by atoms with Crippen molar-refractivity contribution < 1.29 is 24.2 Å². The Labute approximate surface area is 468 Å². The van der Waals surface area contributed by atoms with Crippen LogP contribution in [0.3, 0.4) is 0 Å². The molecule has 5 heteroatoms. The molecule has 76 heavy (non-hydrogen) atoms. The third kappa shape index (κ3) is 61.8. The van der Waals surface area contributed by atoms with Gasteiger partial charge in [0, 0.05) is 12.8 Å². The van der Waals surface area contributed by atoms with E-state index in [4.69, 9.17) is 9.47 Å². The number of aliphatic hydroxyl groups is 1. The van der Waals surface area contributed by atoms with E-state index in [0.29, 0.717) is 12.8 Å². The summed E-state index contributed by atoms with van der Waals surface area (Å²) in [7, 11) is 0. The van der Waals surface area contributed by atoms with Crippen LogP contribution in [0.15, 0.2) is 170 Å². The molecule has 1 atom stereocenters. The fraction of sp³-hybridized carbons (Fsp3) is 0.577. The first-order valence-corrected chi connectivity index (χ1v) is 30.7. The van der Waals surface area contributed by atoms with Crippen molar-refractivity contribution in [1.82, 2.24) is 0 Å². The van der Waals surface area contributed by atoms with E-state index < -0.39 is 6.10 Å². The molecule has 0 saturated heterocycles. The molecular formula is C71H112O5. The molecule has 0 amide bonds. The Morgan fingerprint density at radius 2 is 0.526 bits per heavy atom. The second-order valence-electron chi connectivity index (χ2n) is 19.7. The average Bonchev–Trinajstić information content (AvgIpc) is 3.42. The van der Waals surface area contributed by atoms with E-state index in [9.17, 15) is 14.7 Å². The smallest absolute Gasteiger partial charge is 0.306 e. The molecule has 0 fully saturated rings. The van der Waals surface area contributed by atoms with Gasteiger partial charge in [-0.2, -0.15) is 0 Å². The van der Waals surface area contributed by atoms with Crippen molar-refractivity contribution >= 4 is 11.9 Å². The van der Waals surface area contributed by atoms with Crippen molar-refractivity contribution in [3.8, 4) is 0 Å². The summed E-state index contributed by atoms with van der Waals surface area (Å²) < 4.78 is 10.7. The minimum absolute atomic E-state index is 0.0931. The predicted molar refractivity (Wildman–Crippen MR) is 333 cm³/mol. The number of aliphatic hydroxyl groups excluding tert-OH is 1. The molecule has 0 heterocycles. The zero-order chi connectivity index (χ0) is 54.8. The Morgan fingerprint density at radius 1 is 0.303 bits per heavy atom. The van der Waals surface area contributed by atoms with Gasteiger partial charge in [0.2, 0.25) is 0 Å². The van der Waals surface area contributed by atoms with Crippen LogP contribution in [0.1, 0.15) is 245 Å². The zero-order valence-corrected chi connectivity index (χ0v) is 48.7. The summed E-state index contributed by atoms with van der Waals surface area (Å²) in [6.07, 6.45) is 100. The van der Waals surface area contributed by atoms with E-state index in [1.807, 2.05) is 0 Å². The van der Waals surface area contributed by atoms with Gasteiger partial charge in [-0.15, -0.1) is 0 Å². The molecule has 0 spiro atoms. The maximum atomic E-state index is 12.3. The Morgan fingerprint density at radius 3 is 0.803 bits per heavy atom. The van der Waals surface area contributed by atoms with Crippen LogP contribution < -0.4 is 0 Å². The number of hydrogen-bond acceptors (Lipinski definition) is 5. The van der Waals surface area contributed by atoms with Crippen molar-refractivity contribution in [1.29, 1.82) is 0 Å². The number of carbonyl (C=O) groups excluding carboxylic acids is 2. The summed E-state index contributed by atoms with van der Waals surface area (Å²) >= 11 is 0. The lowest BCUT2D eigenvalue weighted by molar-refractivity contribution is -0.161. The molecule has 0 bridgehead atoms. The van der Waals surface area contributed by atoms with E-state index >= 15 is 0 Å². The molecule has 0 aliphatic heterocycles. The summed E-state index contributed by atoms with van der Waals surface area (Å²) in [5.41, 5.74) is 0. The number of esters is 2. The van der Waals surface area contributed by atoms with Gasteiger partial charge in [-0.3, -0.25) is 9.59 Å². The van der Waals surface area contributed by atoms with E-state index in [1.54, 1.807) is 0 Å². The second kappa shape index (κ2) is 64.5. The molecule has 0 aliphatic rings. The first kappa shape index (κ1) is 71.3. The Bertz CT molecular complexity index is 1700. The van der Waals surface area contributed by atoms with Crippen molar-refractivity contribution in [2.75, 3.05) is 13.2 Å². The van der Waals surface area contributed by atoms with Gasteiger partial charge in [-0.1, -0.05) is 274 Å². The summed E-state index contributed by atoms with van der Waals surface area (Å²) in [5, 5.41) is 9.67. The molecule has 0 aromatic rings. The third-order valence-corrected chi connectivity index (χ3v) is 12.5. The number of ether oxygens (including phenoxy) is 2. The van der Waals surface area contributed by atoms with Crippen molar-refractivity contribution in [2.45, 2.75) is 251 Å². The van der Waals surface area contributed by atoms with Gasteiger partial charge in [0.1, 0.15) is 6.61 Å². The molecule has 1 N–H and O–H groups in total. The zero-order valence-electron chi connectivity index (χ0n) is 48.7. The van der Waals surface area contributed by atoms with Gasteiger partial charge < -0.3 is 14.6 Å². The molecule has 0 aromatic heterocycles. The van der Waals surface area contributed by atoms with Gasteiger partial charge in [-0.25, -0.2) is 0 Å². The van der Waals surface area contributed by atoms with Crippen LogP contribution in [0.5, 0.6) is 0 Å². The highest BCUT2D eigenvalue weighted by Crippen LogP contribution is 2.15. The molecular weight excluding hydrogens is 933 g/mol. The van der Waals surface area contributed by atoms with E-state index in [2.05, 4.69) is 184 Å². The second-order valence-corrected chi connectivity index (χ2v) is 19.7. The molecule has 0 aromatic carbocycles. The van der Waals surface area contributed by atoms with Gasteiger partial charge >= 0.3 is 11.9 Å². The minimum Gasteiger partial charge on any atom is -0.462 e. The number of rotatable bonds is 54. The monoisotopic (exact) mass is 1040 g/mol. The molecule has 0 radical (unpaired) electrons. The summed E-state index contributed by atoms with van der Waals surface area (Å²) in [4.78, 5) is 24.6. The number of unbranched alkanes of at least 4 members (excludes halogenated alkanes) is 18. The number of hydrogen-bond donors (Lipinski definition) is 1. The van der Waals surface area contributed by atoms with E-state index in [-0.39, 0.29) is 25.2 Å². The topological polar surface area (TPSA) is 72.8 Å². The van der Waals surface area contributed by atoms with Crippen LogP contribution in [0.2, 0.25) is 0 Å². The SMILES string of the molecule is CC/C=C\C/C=C\C/C=C\C/C=C\C/C=C\C/C=C\C/C=C\CCCCCCCCCCCCCCCCCC(=O)OC(CO)COC(=O)CCCCC/C=C\C/C=C\C/C=C\C/C=C\C/C=C\C/C=C\C/C=C\CC. The number of carbonyl (C=O) groups is 2. The normalized spacial score (nSPS) is 13.5. The fourth-order valence-electron chi connectivity index (χ4n) is 7.99. The van der Waals surface area contributed by atoms with Crippen LogP contribution in [-0.2, 0) is 19.1 Å². The third-order valence-electron chi connectivity index (χ3n) is 12.5. The van der Waals surface area contributed by atoms with Crippen LogP contribution in [0, 0.1) is 0 Å². The van der Waals surface area contributed by atoms with Crippen LogP contribution in [0.25, 0.3) is 0 Å². The van der Waals surface area contributed by atoms with Gasteiger partial charge in [0.05, 0.1) is 6.61 Å². The van der Waals surface area contributed by atoms with Crippen LogP contribution >= 0.6 is 0 Å². The van der Waals surface area contributed by atoms with Crippen molar-refractivity contribution in [3.63, 3.8) is 0 Å². The maximum Gasteiger partial charge on any atom is 0.306 e. The molecule has 5 nitrogen and oxygen atoms in total. The quantitative estimate of drug-likeness (QED) is 0.0373. The first-order chi connectivity index (χ1) is 37.6. The molecule has 1 unspecified atom stereocenters. The standard InChI is InChI=1S/C71H112O5/c1-3-5-7-9-11-13-15-17-19-21-23-25-27-29-30-31-32-33-34-35-36-37-38-39-40-42-44-46-48-50-52-54-56-58-60-62-64-66-71(74)76-69(67-72)68-75-70(73)65-63-61-59-57-55-53-51-49-47-45-43-41-28-26-24-22-20-18-16-14-12-10-8-6-4-2/h5-8,11-14,17-20,23-26,29-30,32-33,35-36,41,43,47,49,53,55,69,72H,3-4,9-10,15-16,21-22,27-28,31,34,37-40,42,44-46,48,50-52,54,56-68H2,1-2H3/b7-5-,8-6-,13-11-,14-12-,19-17-,20-18-,25-23-,26-24-,30-29-,33-32-,36-35-,43-41-,49-47-,55-53-. The highest BCUT2D eigenvalue weighted by atomic mass is 16.6. The minimum atomic E-state index is -0.800. The van der Waals surface area contributed by atoms with Crippen LogP contribution in [-0.4, -0.2) is 36.4 Å². The lowest BCUT2D eigenvalue weighted by Crippen LogP contribution is -2.28. The van der Waals surface area contributed by atoms with Crippen LogP contribution in [0.4, 0.5) is 0 Å². The summed E-state index contributed by atoms with van der Waals surface area (Å²) in [5.74, 6) is -0.637. The highest BCUT2D eigenvalue weighted by molar-refractivity contribution is 5.70. The molecule has 0 rings (SSSR count). The van der Waals surface area contributed by atoms with Gasteiger partial charge in [0.15, 0.2) is 6.10 Å². The van der Waals surface area contributed by atoms with E-state index in [0.717, 1.165) is 135 Å². The van der Waals surface area contributed by atoms with Gasteiger partial charge in [-0.05, 0) is 128 Å². The van der Waals surface area contributed by atoms with Crippen molar-refractivity contribution in [2.24, 2.45) is 0 Å². The fourth-order valence-corrected chi connectivity index (χ4v) is 7.99. The first-order valence-electron chi connectivity index (χ1n) is 30.7. The largest absolute Gasteiger partial charge is 0.462 e. The van der Waals surface area contributed by atoms with E-state index in [1.165, 1.54) is 83.5 Å². The van der Waals surface area contributed by atoms with Gasteiger partial charge in [0.25, 0.3) is 0 Å². The molecule has 0 aliphatic carbocycles. The highest BCUT2D eigenvalue weighted by Gasteiger charge is 2.16. The Balaban J connectivity index is 3.59. The molecule has 0 saturated carbocycles. The predicted octanol–water partition coefficient (Wildman–Crippen LogP) is 21.3. The summed E-state index contributed by atoms with van der Waals surface area (Å²) in [6, 6.07) is 0. The Kier molecular flexibility index (Phi) is 60.5. The maximum absolute atomic E-state index is 12.3. The van der Waals surface area contributed by atoms with Crippen molar-refractivity contribution in [3.05, 3.63) is 170 Å². The Hall–Kier alpha value is -4.74. The number of allylic oxidation sites excluding steroid dienone is 28. The lowest BCUT2D eigenvalue weighted by Gasteiger charge is -2.15. The average molecular weight is 1050 g/mol. The lowest BCUT2D eigenvalue weighted by atomic mass is 10.0.